The highest BCUT2D eigenvalue weighted by atomic mass is 35.5. The van der Waals surface area contributed by atoms with Gasteiger partial charge in [-0.1, -0.05) is 26.5 Å². The van der Waals surface area contributed by atoms with Gasteiger partial charge in [-0.05, 0) is 221 Å². The van der Waals surface area contributed by atoms with Gasteiger partial charge in [0.15, 0.2) is 5.71 Å². The molecule has 1 amide bonds. The maximum Gasteiger partial charge on any atom is 0.451 e. The number of carbonyl (C=O) groups excluding carboxylic acids is 2. The summed E-state index contributed by atoms with van der Waals surface area (Å²) in [7, 11) is 1.60. The minimum atomic E-state index is -0.789. The third kappa shape index (κ3) is 24.5. The number of amidine groups is 1. The van der Waals surface area contributed by atoms with Gasteiger partial charge in [0, 0.05) is 112 Å². The smallest absolute Gasteiger partial charge is 0.451 e. The van der Waals surface area contributed by atoms with E-state index in [0.29, 0.717) is 79.1 Å². The van der Waals surface area contributed by atoms with E-state index >= 15 is 0 Å². The first kappa shape index (κ1) is 93.8. The number of piperidine rings is 4. The third-order valence-electron chi connectivity index (χ3n) is 20.5. The number of carbonyl (C=O) groups is 2. The van der Waals surface area contributed by atoms with Gasteiger partial charge in [-0.2, -0.15) is 39.9 Å². The largest absolute Gasteiger partial charge is 0.633 e. The number of rotatable bonds is 18. The van der Waals surface area contributed by atoms with Crippen LogP contribution in [0.4, 0.5) is 5.82 Å². The van der Waals surface area contributed by atoms with Gasteiger partial charge in [0.25, 0.3) is 17.4 Å². The Bertz CT molecular complexity index is 3280. The second kappa shape index (κ2) is 36.8. The molecule has 2 atom stereocenters. The van der Waals surface area contributed by atoms with Gasteiger partial charge in [0.05, 0.1) is 31.0 Å². The number of nitrogens with zero attached hydrogens (tertiary/aromatic N) is 17. The van der Waals surface area contributed by atoms with Gasteiger partial charge in [-0.25, -0.2) is 15.3 Å². The molecule has 36 nitrogen and oxygen atoms in total. The van der Waals surface area contributed by atoms with Crippen LogP contribution in [0.15, 0.2) is 27.2 Å². The number of piperazine rings is 1. The Balaban J connectivity index is 0.000000354. The molecule has 6 saturated heterocycles. The maximum atomic E-state index is 12.6. The Hall–Kier alpha value is -6.44. The van der Waals surface area contributed by atoms with Crippen LogP contribution in [-0.2, 0) is 26.2 Å². The molecule has 2 aromatic heterocycles. The number of aliphatic imine (C=N–C) groups is 1. The van der Waals surface area contributed by atoms with Crippen molar-refractivity contribution in [1.82, 2.24) is 61.1 Å². The highest BCUT2D eigenvalue weighted by Crippen LogP contribution is 2.45. The van der Waals surface area contributed by atoms with Crippen molar-refractivity contribution in [1.29, 1.82) is 0 Å². The van der Waals surface area contributed by atoms with E-state index in [1.807, 2.05) is 83.1 Å². The topological polar surface area (TPSA) is 411 Å². The van der Waals surface area contributed by atoms with Crippen molar-refractivity contribution in [3.63, 3.8) is 0 Å². The fraction of sp³-hybridized carbons (Fsp3) is 0.841. The highest BCUT2D eigenvalue weighted by molar-refractivity contribution is 6.45. The first-order chi connectivity index (χ1) is 47.7. The molecule has 0 bridgehead atoms. The normalized spacial score (nSPS) is 24.5. The molecule has 606 valence electrons. The summed E-state index contributed by atoms with van der Waals surface area (Å²) in [6, 6.07) is 1.85. The number of anilines is 1. The van der Waals surface area contributed by atoms with E-state index in [-0.39, 0.29) is 113 Å². The predicted octanol–water partition coefficient (Wildman–Crippen LogP) is 9.50. The number of hydroxylamine groups is 12. The molecule has 8 N–H and O–H groups in total. The van der Waals surface area contributed by atoms with Crippen molar-refractivity contribution in [2.75, 3.05) is 57.9 Å². The Kier molecular flexibility index (Phi) is 32.6. The Morgan fingerprint density at radius 1 is 0.764 bits per heavy atom. The Morgan fingerprint density at radius 2 is 1.24 bits per heavy atom. The molecule has 6 fully saturated rings. The van der Waals surface area contributed by atoms with Crippen molar-refractivity contribution >= 4 is 41.3 Å². The number of esters is 1. The van der Waals surface area contributed by atoms with Crippen molar-refractivity contribution in [2.24, 2.45) is 35.1 Å². The van der Waals surface area contributed by atoms with E-state index in [9.17, 15) is 56.2 Å². The molecule has 0 saturated carbocycles. The summed E-state index contributed by atoms with van der Waals surface area (Å²) in [5.74, 6) is 0.347. The molecule has 0 aliphatic carbocycles. The van der Waals surface area contributed by atoms with E-state index < -0.39 is 33.8 Å². The standard InChI is InChI=1S/C19H33ClN8O3.C16H24N4O4.C13H23N5O4.C10H21NO.C9H18N2O4.2CH4/c1-18(2)13-15(14-19(3,4)27(18)29)21-7-8-25-9-11-26(12-10-25)28(30)24-31-16-5-6-22-17(20)23-16;1-10(12-13(17-6)19(22)9-18-12)24-14(21)11-7-15(2,3)20(23)16(4,5)8-11;1-12(2)6-9(7-13(3,4)18(12)20)15-21-11-10(14-8-19)17(5)22-16-11;1-8-6-9(2,3)11(12)10(4,5)7-8;1-8(2)5-7(6-15-11(13)14)9(3,4)10(8)12;;/h5-6,15,21,29H,7-14H2,1-4H3;10-11,23H,7-9H2,1-5H3;8-9,15,20H,6-7H2,1-5H3;8,12H,6-7H2,1-5H3;7,12H,5-6H2,1-4H3;2*1H4/p+1/b28-24-;;;;;;. The lowest BCUT2D eigenvalue weighted by Crippen LogP contribution is -2.62. The van der Waals surface area contributed by atoms with Gasteiger partial charge >= 0.3 is 23.5 Å². The zero-order valence-corrected chi connectivity index (χ0v) is 66.2. The van der Waals surface area contributed by atoms with Gasteiger partial charge in [-0.3, -0.25) is 19.3 Å². The van der Waals surface area contributed by atoms with Gasteiger partial charge in [0.1, 0.15) is 24.4 Å². The number of nitrogens with one attached hydrogen (secondary N) is 3. The highest BCUT2D eigenvalue weighted by Gasteiger charge is 2.53. The van der Waals surface area contributed by atoms with Crippen LogP contribution in [0.25, 0.3) is 4.85 Å². The van der Waals surface area contributed by atoms with Crippen molar-refractivity contribution in [3.8, 4) is 11.8 Å². The Morgan fingerprint density at radius 3 is 1.69 bits per heavy atom. The van der Waals surface area contributed by atoms with Crippen LogP contribution in [0.5, 0.6) is 11.8 Å². The van der Waals surface area contributed by atoms with Crippen LogP contribution >= 0.6 is 11.6 Å². The summed E-state index contributed by atoms with van der Waals surface area (Å²) in [4.78, 5) is 65.6. The van der Waals surface area contributed by atoms with Crippen LogP contribution in [0.2, 0.25) is 5.28 Å². The summed E-state index contributed by atoms with van der Waals surface area (Å²) in [6.45, 7) is 54.8. The summed E-state index contributed by atoms with van der Waals surface area (Å²) < 4.78 is 12.2. The molecule has 7 aliphatic heterocycles. The van der Waals surface area contributed by atoms with Crippen molar-refractivity contribution in [3.05, 3.63) is 49.5 Å². The number of hydrazine groups is 1. The molecule has 106 heavy (non-hydrogen) atoms. The quantitative estimate of drug-likeness (QED) is 0.00792. The van der Waals surface area contributed by atoms with E-state index in [2.05, 4.69) is 118 Å². The lowest BCUT2D eigenvalue weighted by atomic mass is 9.75. The average molecular weight is 1530 g/mol. The zero-order valence-electron chi connectivity index (χ0n) is 65.4. The molecule has 0 spiro atoms. The van der Waals surface area contributed by atoms with Gasteiger partial charge in [0.2, 0.25) is 17.2 Å². The molecule has 2 unspecified atom stereocenters. The second-order valence-corrected chi connectivity index (χ2v) is 34.8. The van der Waals surface area contributed by atoms with Gasteiger partial charge < -0.3 is 56.2 Å². The summed E-state index contributed by atoms with van der Waals surface area (Å²) in [5.41, 5.74) is -0.243. The summed E-state index contributed by atoms with van der Waals surface area (Å²) in [6.07, 6.45) is 8.10. The maximum absolute atomic E-state index is 12.6. The molecule has 0 radical (unpaired) electrons. The third-order valence-corrected chi connectivity index (χ3v) is 20.7. The molecule has 37 heteroatoms. The van der Waals surface area contributed by atoms with Crippen molar-refractivity contribution < 1.29 is 79.0 Å². The van der Waals surface area contributed by atoms with Crippen LogP contribution in [-0.4, -0.2) is 241 Å². The second-order valence-electron chi connectivity index (χ2n) is 34.5. The summed E-state index contributed by atoms with van der Waals surface area (Å²) >= 11 is 5.68. The first-order valence-electron chi connectivity index (χ1n) is 35.4. The minimum Gasteiger partial charge on any atom is -0.633 e. The number of aryl methyl sites for hydroxylation is 1. The number of halogens is 1. The average Bonchev–Trinajstić information content (AvgIpc) is 0.934. The number of amides is 1. The lowest BCUT2D eigenvalue weighted by molar-refractivity contribution is -0.842. The predicted molar refractivity (Wildman–Crippen MR) is 395 cm³/mol. The lowest BCUT2D eigenvalue weighted by Gasteiger charge is -2.51. The van der Waals surface area contributed by atoms with Crippen LogP contribution in [0.3, 0.4) is 0 Å². The zero-order chi connectivity index (χ0) is 78.9. The minimum absolute atomic E-state index is 0. The Labute approximate surface area is 631 Å². The first-order valence-corrected chi connectivity index (χ1v) is 35.8. The molecule has 2 aromatic rings. The van der Waals surface area contributed by atoms with Crippen LogP contribution in [0, 0.1) is 44.9 Å². The molecular weight excluding hydrogens is 1400 g/mol. The molecule has 9 heterocycles. The van der Waals surface area contributed by atoms with Gasteiger partial charge in [-0.15, -0.1) is 25.2 Å². The molecule has 0 aromatic carbocycles. The van der Waals surface area contributed by atoms with E-state index in [4.69, 9.17) is 37.2 Å². The number of hydrogen-bond donors (Lipinski definition) is 8. The summed E-state index contributed by atoms with van der Waals surface area (Å²) in [5, 5.41) is 106. The number of hydrogen-bond acceptors (Lipinski definition) is 29. The number of aromatic nitrogens is 4. The van der Waals surface area contributed by atoms with Crippen LogP contribution < -0.4 is 30.5 Å². The van der Waals surface area contributed by atoms with E-state index in [0.717, 1.165) is 51.9 Å². The monoisotopic (exact) mass is 1530 g/mol. The fourth-order valence-corrected chi connectivity index (χ4v) is 16.4. The fourth-order valence-electron chi connectivity index (χ4n) is 16.2. The van der Waals surface area contributed by atoms with Crippen molar-refractivity contribution in [2.45, 2.75) is 299 Å². The van der Waals surface area contributed by atoms with E-state index in [1.54, 1.807) is 19.0 Å². The molecule has 9 rings (SSSR count). The molecular formula is C69H128ClN20O16+. The SMILES string of the molecule is C.C.CC1(C)CC(CO[N+](=O)[O-])C(C)(C)N1O.CC1(C)CC(NCCN2CCN(/[N+]([O-])=N/Oc3ccnc(Cl)n3)CC2)CC(C)(C)N1O.CC1CC(C)(C)N(O)C(C)(C)C1.C[n+]1onc(ONC2CC(C)(C)N(O)C(C)(C)C2)c1NC=O.[C-]#[N+]C1=[N+]([O-])CN=C1C(C)OC(=O)C1CC(C)(C)N(O)C(C)(C)C1. The van der Waals surface area contributed by atoms with E-state index in [1.165, 1.54) is 42.3 Å². The number of ether oxygens (including phenoxy) is 1. The van der Waals surface area contributed by atoms with Crippen LogP contribution in [0.1, 0.15) is 225 Å². The molecule has 7 aliphatic rings.